The minimum atomic E-state index is 0.104. The molecule has 3 heteroatoms. The summed E-state index contributed by atoms with van der Waals surface area (Å²) in [7, 11) is 0. The van der Waals surface area contributed by atoms with Gasteiger partial charge in [0.15, 0.2) is 0 Å². The lowest BCUT2D eigenvalue weighted by Crippen LogP contribution is -2.06. The van der Waals surface area contributed by atoms with E-state index in [9.17, 15) is 0 Å². The smallest absolute Gasteiger partial charge is 0.131 e. The lowest BCUT2D eigenvalue weighted by Gasteiger charge is -2.11. The predicted molar refractivity (Wildman–Crippen MR) is 38.6 cm³/mol. The van der Waals surface area contributed by atoms with Gasteiger partial charge in [-0.2, -0.15) is 0 Å². The number of hydrogen-bond acceptors (Lipinski definition) is 2. The quantitative estimate of drug-likeness (QED) is 0.635. The summed E-state index contributed by atoms with van der Waals surface area (Å²) in [4.78, 5) is 3.91. The first-order chi connectivity index (χ1) is 4.84. The molecule has 1 unspecified atom stereocenters. The topological polar surface area (TPSA) is 27.1 Å². The average Bonchev–Trinajstić information content (AvgIpc) is 2.38. The Bertz CT molecular complexity index is 172. The Balaban J connectivity index is 2.50. The Morgan fingerprint density at radius 1 is 1.70 bits per heavy atom. The second-order valence-corrected chi connectivity index (χ2v) is 2.06. The molecule has 10 heavy (non-hydrogen) atoms. The molecule has 0 amide bonds. The maximum atomic E-state index is 5.31. The van der Waals surface area contributed by atoms with Crippen LogP contribution in [0.3, 0.4) is 0 Å². The van der Waals surface area contributed by atoms with Gasteiger partial charge in [0.25, 0.3) is 0 Å². The van der Waals surface area contributed by atoms with E-state index >= 15 is 0 Å². The summed E-state index contributed by atoms with van der Waals surface area (Å²) in [6.07, 6.45) is 5.49. The first-order valence-corrected chi connectivity index (χ1v) is 3.43. The van der Waals surface area contributed by atoms with Crippen molar-refractivity contribution in [3.63, 3.8) is 0 Å². The van der Waals surface area contributed by atoms with Crippen molar-refractivity contribution >= 4 is 0 Å². The molecule has 0 aliphatic rings. The van der Waals surface area contributed by atoms with E-state index in [1.165, 1.54) is 0 Å². The van der Waals surface area contributed by atoms with E-state index in [2.05, 4.69) is 4.98 Å². The fourth-order valence-corrected chi connectivity index (χ4v) is 0.812. The molecule has 0 saturated carbocycles. The zero-order valence-corrected chi connectivity index (χ0v) is 6.32. The molecule has 56 valence electrons. The SMILES string of the molecule is CCOC(C)n1ccnc1. The van der Waals surface area contributed by atoms with Crippen LogP contribution in [0.2, 0.25) is 0 Å². The Hall–Kier alpha value is -0.830. The van der Waals surface area contributed by atoms with Crippen LogP contribution in [0, 0.1) is 0 Å². The molecule has 0 N–H and O–H groups in total. The van der Waals surface area contributed by atoms with E-state index in [1.54, 1.807) is 12.5 Å². The van der Waals surface area contributed by atoms with Gasteiger partial charge >= 0.3 is 0 Å². The molecule has 0 aromatic carbocycles. The highest BCUT2D eigenvalue weighted by atomic mass is 16.5. The van der Waals surface area contributed by atoms with E-state index < -0.39 is 0 Å². The van der Waals surface area contributed by atoms with E-state index in [4.69, 9.17) is 4.74 Å². The molecule has 1 atom stereocenters. The second-order valence-electron chi connectivity index (χ2n) is 2.06. The van der Waals surface area contributed by atoms with Crippen molar-refractivity contribution < 1.29 is 4.74 Å². The molecule has 0 spiro atoms. The van der Waals surface area contributed by atoms with Gasteiger partial charge in [0.2, 0.25) is 0 Å². The summed E-state index contributed by atoms with van der Waals surface area (Å²) in [5.41, 5.74) is 0. The van der Waals surface area contributed by atoms with Gasteiger partial charge in [0.05, 0.1) is 6.33 Å². The number of rotatable bonds is 3. The maximum absolute atomic E-state index is 5.31. The van der Waals surface area contributed by atoms with Crippen LogP contribution in [0.25, 0.3) is 0 Å². The standard InChI is InChI=1S/C7H12N2O/c1-3-10-7(2)9-5-4-8-6-9/h4-7H,3H2,1-2H3. The van der Waals surface area contributed by atoms with Crippen molar-refractivity contribution in [2.24, 2.45) is 0 Å². The van der Waals surface area contributed by atoms with Crippen molar-refractivity contribution in [1.82, 2.24) is 9.55 Å². The Labute approximate surface area is 60.6 Å². The molecule has 1 aromatic rings. The molecule has 0 fully saturated rings. The summed E-state index contributed by atoms with van der Waals surface area (Å²) in [5.74, 6) is 0. The third-order valence-electron chi connectivity index (χ3n) is 1.35. The highest BCUT2D eigenvalue weighted by molar-refractivity contribution is 4.75. The minimum Gasteiger partial charge on any atom is -0.359 e. The van der Waals surface area contributed by atoms with Gasteiger partial charge in [0, 0.05) is 19.0 Å². The minimum absolute atomic E-state index is 0.104. The Morgan fingerprint density at radius 2 is 2.50 bits per heavy atom. The van der Waals surface area contributed by atoms with Crippen molar-refractivity contribution in [3.8, 4) is 0 Å². The van der Waals surface area contributed by atoms with Crippen LogP contribution in [0.4, 0.5) is 0 Å². The van der Waals surface area contributed by atoms with Crippen LogP contribution in [-0.2, 0) is 4.74 Å². The molecule has 1 rings (SSSR count). The van der Waals surface area contributed by atoms with Crippen molar-refractivity contribution in [2.45, 2.75) is 20.1 Å². The fourth-order valence-electron chi connectivity index (χ4n) is 0.812. The van der Waals surface area contributed by atoms with Gasteiger partial charge in [-0.1, -0.05) is 0 Å². The highest BCUT2D eigenvalue weighted by Crippen LogP contribution is 2.04. The Kier molecular flexibility index (Phi) is 2.45. The first kappa shape index (κ1) is 7.28. The van der Waals surface area contributed by atoms with Gasteiger partial charge in [-0.25, -0.2) is 4.98 Å². The molecule has 3 nitrogen and oxygen atoms in total. The molecule has 0 radical (unpaired) electrons. The van der Waals surface area contributed by atoms with Gasteiger partial charge in [-0.05, 0) is 13.8 Å². The van der Waals surface area contributed by atoms with E-state index in [-0.39, 0.29) is 6.23 Å². The largest absolute Gasteiger partial charge is 0.359 e. The van der Waals surface area contributed by atoms with Crippen LogP contribution in [0.1, 0.15) is 20.1 Å². The molecular formula is C7H12N2O. The molecule has 1 aromatic heterocycles. The van der Waals surface area contributed by atoms with Crippen molar-refractivity contribution in [3.05, 3.63) is 18.7 Å². The van der Waals surface area contributed by atoms with Gasteiger partial charge < -0.3 is 9.30 Å². The molecule has 0 aliphatic heterocycles. The number of nitrogens with zero attached hydrogens (tertiary/aromatic N) is 2. The second kappa shape index (κ2) is 3.37. The summed E-state index contributed by atoms with van der Waals surface area (Å²) < 4.78 is 7.23. The third-order valence-corrected chi connectivity index (χ3v) is 1.35. The van der Waals surface area contributed by atoms with Crippen molar-refractivity contribution in [2.75, 3.05) is 6.61 Å². The number of imidazole rings is 1. The van der Waals surface area contributed by atoms with Gasteiger partial charge in [-0.15, -0.1) is 0 Å². The molecule has 1 heterocycles. The van der Waals surface area contributed by atoms with Crippen LogP contribution in [-0.4, -0.2) is 16.2 Å². The number of ether oxygens (including phenoxy) is 1. The van der Waals surface area contributed by atoms with E-state index in [1.807, 2.05) is 24.6 Å². The molecular weight excluding hydrogens is 128 g/mol. The van der Waals surface area contributed by atoms with E-state index in [0.717, 1.165) is 6.61 Å². The Morgan fingerprint density at radius 3 is 3.00 bits per heavy atom. The number of aromatic nitrogens is 2. The summed E-state index contributed by atoms with van der Waals surface area (Å²) >= 11 is 0. The van der Waals surface area contributed by atoms with Gasteiger partial charge in [-0.3, -0.25) is 0 Å². The first-order valence-electron chi connectivity index (χ1n) is 3.43. The highest BCUT2D eigenvalue weighted by Gasteiger charge is 1.99. The zero-order valence-electron chi connectivity index (χ0n) is 6.32. The third kappa shape index (κ3) is 1.57. The normalized spacial score (nSPS) is 13.4. The van der Waals surface area contributed by atoms with Crippen LogP contribution in [0.5, 0.6) is 0 Å². The lowest BCUT2D eigenvalue weighted by molar-refractivity contribution is 0.0247. The van der Waals surface area contributed by atoms with Crippen molar-refractivity contribution in [1.29, 1.82) is 0 Å². The monoisotopic (exact) mass is 140 g/mol. The summed E-state index contributed by atoms with van der Waals surface area (Å²) in [6, 6.07) is 0. The van der Waals surface area contributed by atoms with Gasteiger partial charge in [0.1, 0.15) is 6.23 Å². The zero-order chi connectivity index (χ0) is 7.40. The predicted octanol–water partition coefficient (Wildman–Crippen LogP) is 1.44. The lowest BCUT2D eigenvalue weighted by atomic mass is 10.6. The maximum Gasteiger partial charge on any atom is 0.131 e. The number of hydrogen-bond donors (Lipinski definition) is 0. The average molecular weight is 140 g/mol. The summed E-state index contributed by atoms with van der Waals surface area (Å²) in [6.45, 7) is 4.71. The van der Waals surface area contributed by atoms with Crippen LogP contribution in [0.15, 0.2) is 18.7 Å². The summed E-state index contributed by atoms with van der Waals surface area (Å²) in [5, 5.41) is 0. The van der Waals surface area contributed by atoms with Crippen LogP contribution >= 0.6 is 0 Å². The fraction of sp³-hybridized carbons (Fsp3) is 0.571. The molecule has 0 aliphatic carbocycles. The van der Waals surface area contributed by atoms with Crippen LogP contribution < -0.4 is 0 Å². The molecule has 0 saturated heterocycles. The van der Waals surface area contributed by atoms with E-state index in [0.29, 0.717) is 0 Å². The molecule has 0 bridgehead atoms.